The zero-order valence-corrected chi connectivity index (χ0v) is 10.9. The van der Waals surface area contributed by atoms with E-state index in [0.29, 0.717) is 5.25 Å². The second-order valence-electron chi connectivity index (χ2n) is 4.51. The first-order valence-electron chi connectivity index (χ1n) is 6.16. The fourth-order valence-corrected chi connectivity index (χ4v) is 3.59. The standard InChI is InChI=1S/C13H17N3S/c1-2-10-4-5-11(9-14)12(8-10)17-13-15-6-3-7-16-13/h3,6-7,10-12H,2,4-5,8H2,1H3. The van der Waals surface area contributed by atoms with E-state index in [-0.39, 0.29) is 5.92 Å². The fourth-order valence-electron chi connectivity index (χ4n) is 2.34. The van der Waals surface area contributed by atoms with Gasteiger partial charge in [-0.1, -0.05) is 25.1 Å². The third-order valence-corrected chi connectivity index (χ3v) is 4.69. The molecule has 4 heteroatoms. The highest BCUT2D eigenvalue weighted by atomic mass is 32.2. The molecule has 0 bridgehead atoms. The molecule has 1 saturated carbocycles. The van der Waals surface area contributed by atoms with E-state index in [4.69, 9.17) is 0 Å². The van der Waals surface area contributed by atoms with Gasteiger partial charge in [0.05, 0.1) is 12.0 Å². The van der Waals surface area contributed by atoms with E-state index >= 15 is 0 Å². The van der Waals surface area contributed by atoms with Crippen LogP contribution in [-0.4, -0.2) is 15.2 Å². The highest BCUT2D eigenvalue weighted by Crippen LogP contribution is 2.39. The van der Waals surface area contributed by atoms with Gasteiger partial charge in [-0.3, -0.25) is 0 Å². The average Bonchev–Trinajstić information content (AvgIpc) is 2.40. The highest BCUT2D eigenvalue weighted by molar-refractivity contribution is 7.99. The molecule has 1 fully saturated rings. The minimum Gasteiger partial charge on any atom is -0.231 e. The van der Waals surface area contributed by atoms with Crippen LogP contribution in [0.2, 0.25) is 0 Å². The van der Waals surface area contributed by atoms with Gasteiger partial charge in [0.15, 0.2) is 5.16 Å². The lowest BCUT2D eigenvalue weighted by atomic mass is 9.81. The number of nitrogens with zero attached hydrogens (tertiary/aromatic N) is 3. The zero-order chi connectivity index (χ0) is 12.1. The molecule has 1 aliphatic rings. The van der Waals surface area contributed by atoms with Crippen molar-refractivity contribution in [3.8, 4) is 6.07 Å². The van der Waals surface area contributed by atoms with Crippen LogP contribution in [0.4, 0.5) is 0 Å². The van der Waals surface area contributed by atoms with Gasteiger partial charge in [-0.25, -0.2) is 9.97 Å². The predicted molar refractivity (Wildman–Crippen MR) is 68.4 cm³/mol. The maximum absolute atomic E-state index is 9.19. The molecule has 0 saturated heterocycles. The Morgan fingerprint density at radius 1 is 1.41 bits per heavy atom. The van der Waals surface area contributed by atoms with Crippen LogP contribution in [-0.2, 0) is 0 Å². The van der Waals surface area contributed by atoms with Gasteiger partial charge < -0.3 is 0 Å². The predicted octanol–water partition coefficient (Wildman–Crippen LogP) is 3.29. The molecule has 2 rings (SSSR count). The Kier molecular flexibility index (Phi) is 4.38. The minimum atomic E-state index is 0.159. The molecule has 17 heavy (non-hydrogen) atoms. The molecule has 0 radical (unpaired) electrons. The minimum absolute atomic E-state index is 0.159. The monoisotopic (exact) mass is 247 g/mol. The quantitative estimate of drug-likeness (QED) is 0.769. The van der Waals surface area contributed by atoms with Crippen molar-refractivity contribution in [1.82, 2.24) is 9.97 Å². The molecule has 1 aromatic rings. The normalized spacial score (nSPS) is 28.6. The van der Waals surface area contributed by atoms with Crippen molar-refractivity contribution in [2.75, 3.05) is 0 Å². The Morgan fingerprint density at radius 3 is 2.82 bits per heavy atom. The molecule has 1 heterocycles. The highest BCUT2D eigenvalue weighted by Gasteiger charge is 2.31. The first-order valence-corrected chi connectivity index (χ1v) is 7.04. The number of hydrogen-bond acceptors (Lipinski definition) is 4. The molecule has 0 spiro atoms. The number of thioether (sulfide) groups is 1. The summed E-state index contributed by atoms with van der Waals surface area (Å²) in [5.41, 5.74) is 0. The van der Waals surface area contributed by atoms with Gasteiger partial charge >= 0.3 is 0 Å². The van der Waals surface area contributed by atoms with Gasteiger partial charge in [-0.15, -0.1) is 0 Å². The van der Waals surface area contributed by atoms with Crippen LogP contribution in [0, 0.1) is 23.2 Å². The van der Waals surface area contributed by atoms with Crippen molar-refractivity contribution in [3.63, 3.8) is 0 Å². The van der Waals surface area contributed by atoms with E-state index in [9.17, 15) is 5.26 Å². The Bertz CT molecular complexity index is 387. The van der Waals surface area contributed by atoms with Crippen LogP contribution in [0.25, 0.3) is 0 Å². The average molecular weight is 247 g/mol. The van der Waals surface area contributed by atoms with Gasteiger partial charge in [0.1, 0.15) is 0 Å². The third kappa shape index (κ3) is 3.19. The van der Waals surface area contributed by atoms with Gasteiger partial charge in [-0.2, -0.15) is 5.26 Å². The summed E-state index contributed by atoms with van der Waals surface area (Å²) < 4.78 is 0. The van der Waals surface area contributed by atoms with Gasteiger partial charge in [0, 0.05) is 17.6 Å². The summed E-state index contributed by atoms with van der Waals surface area (Å²) in [6, 6.07) is 4.26. The SMILES string of the molecule is CCC1CCC(C#N)C(Sc2ncccn2)C1. The summed E-state index contributed by atoms with van der Waals surface area (Å²) in [4.78, 5) is 8.47. The maximum Gasteiger partial charge on any atom is 0.187 e. The second kappa shape index (κ2) is 6.02. The topological polar surface area (TPSA) is 49.6 Å². The summed E-state index contributed by atoms with van der Waals surface area (Å²) >= 11 is 1.67. The molecular formula is C13H17N3S. The van der Waals surface area contributed by atoms with Crippen molar-refractivity contribution >= 4 is 11.8 Å². The lowest BCUT2D eigenvalue weighted by Gasteiger charge is -2.31. The van der Waals surface area contributed by atoms with Crippen LogP contribution < -0.4 is 0 Å². The van der Waals surface area contributed by atoms with Crippen molar-refractivity contribution in [1.29, 1.82) is 5.26 Å². The Balaban J connectivity index is 2.03. The third-order valence-electron chi connectivity index (χ3n) is 3.44. The summed E-state index contributed by atoms with van der Waals surface area (Å²) in [6.07, 6.45) is 8.08. The molecule has 3 atom stereocenters. The van der Waals surface area contributed by atoms with E-state index in [1.54, 1.807) is 24.2 Å². The van der Waals surface area contributed by atoms with E-state index in [0.717, 1.165) is 23.9 Å². The molecule has 3 nitrogen and oxygen atoms in total. The Hall–Kier alpha value is -1.08. The van der Waals surface area contributed by atoms with E-state index < -0.39 is 0 Å². The summed E-state index contributed by atoms with van der Waals surface area (Å²) in [5, 5.41) is 10.4. The maximum atomic E-state index is 9.19. The molecule has 1 aliphatic carbocycles. The van der Waals surface area contributed by atoms with Gasteiger partial charge in [0.25, 0.3) is 0 Å². The van der Waals surface area contributed by atoms with E-state index in [1.165, 1.54) is 12.8 Å². The van der Waals surface area contributed by atoms with Crippen LogP contribution >= 0.6 is 11.8 Å². The molecule has 1 aromatic heterocycles. The smallest absolute Gasteiger partial charge is 0.187 e. The van der Waals surface area contributed by atoms with E-state index in [1.807, 2.05) is 6.07 Å². The number of hydrogen-bond donors (Lipinski definition) is 0. The van der Waals surface area contributed by atoms with Crippen LogP contribution in [0.3, 0.4) is 0 Å². The molecule has 0 amide bonds. The van der Waals surface area contributed by atoms with Crippen LogP contribution in [0.1, 0.15) is 32.6 Å². The molecule has 0 aromatic carbocycles. The summed E-state index contributed by atoms with van der Waals surface area (Å²) in [5.74, 6) is 0.924. The van der Waals surface area contributed by atoms with Gasteiger partial charge in [0.2, 0.25) is 0 Å². The van der Waals surface area contributed by atoms with Crippen molar-refractivity contribution in [2.24, 2.45) is 11.8 Å². The van der Waals surface area contributed by atoms with Crippen molar-refractivity contribution < 1.29 is 0 Å². The number of rotatable bonds is 3. The second-order valence-corrected chi connectivity index (χ2v) is 5.72. The van der Waals surface area contributed by atoms with E-state index in [2.05, 4.69) is 23.0 Å². The van der Waals surface area contributed by atoms with Crippen molar-refractivity contribution in [2.45, 2.75) is 43.0 Å². The van der Waals surface area contributed by atoms with Crippen LogP contribution in [0.5, 0.6) is 0 Å². The van der Waals surface area contributed by atoms with Crippen molar-refractivity contribution in [3.05, 3.63) is 18.5 Å². The lowest BCUT2D eigenvalue weighted by Crippen LogP contribution is -2.26. The van der Waals surface area contributed by atoms with Crippen LogP contribution in [0.15, 0.2) is 23.6 Å². The molecule has 90 valence electrons. The fraction of sp³-hybridized carbons (Fsp3) is 0.615. The summed E-state index contributed by atoms with van der Waals surface area (Å²) in [6.45, 7) is 2.23. The van der Waals surface area contributed by atoms with Gasteiger partial charge in [-0.05, 0) is 31.2 Å². The molecule has 3 unspecified atom stereocenters. The molecule has 0 N–H and O–H groups in total. The first-order chi connectivity index (χ1) is 8.33. The molecule has 0 aliphatic heterocycles. The lowest BCUT2D eigenvalue weighted by molar-refractivity contribution is 0.317. The Morgan fingerprint density at radius 2 is 2.18 bits per heavy atom. The molecular weight excluding hydrogens is 230 g/mol. The zero-order valence-electron chi connectivity index (χ0n) is 10.0. The summed E-state index contributed by atoms with van der Waals surface area (Å²) in [7, 11) is 0. The number of nitriles is 1. The first kappa shape index (κ1) is 12.4. The Labute approximate surface area is 107 Å². The largest absolute Gasteiger partial charge is 0.231 e. The number of aromatic nitrogens is 2.